The predicted octanol–water partition coefficient (Wildman–Crippen LogP) is 0.752. The molecule has 13 heavy (non-hydrogen) atoms. The zero-order chi connectivity index (χ0) is 10.6. The molecule has 0 saturated carbocycles. The first-order valence-electron chi connectivity index (χ1n) is 4.85. The molecule has 0 heterocycles. The van der Waals surface area contributed by atoms with Gasteiger partial charge in [-0.2, -0.15) is 0 Å². The number of hydrogen-bond acceptors (Lipinski definition) is 3. The molecule has 0 fully saturated rings. The predicted molar refractivity (Wildman–Crippen MR) is 54.6 cm³/mol. The van der Waals surface area contributed by atoms with Crippen molar-refractivity contribution >= 4 is 0 Å². The maximum Gasteiger partial charge on any atom is 0.0925 e. The van der Waals surface area contributed by atoms with Gasteiger partial charge in [-0.1, -0.05) is 13.8 Å². The van der Waals surface area contributed by atoms with Gasteiger partial charge in [-0.3, -0.25) is 0 Å². The third-order valence-electron chi connectivity index (χ3n) is 1.92. The molecule has 0 aromatic heterocycles. The molecule has 0 saturated heterocycles. The van der Waals surface area contributed by atoms with Crippen LogP contribution in [0.4, 0.5) is 0 Å². The first-order chi connectivity index (χ1) is 5.74. The van der Waals surface area contributed by atoms with Gasteiger partial charge in [0.15, 0.2) is 0 Å². The van der Waals surface area contributed by atoms with Crippen molar-refractivity contribution in [3.05, 3.63) is 0 Å². The van der Waals surface area contributed by atoms with Gasteiger partial charge in [0, 0.05) is 12.1 Å². The Morgan fingerprint density at radius 1 is 1.15 bits per heavy atom. The summed E-state index contributed by atoms with van der Waals surface area (Å²) in [6.45, 7) is 10.3. The molecule has 0 radical (unpaired) electrons. The van der Waals surface area contributed by atoms with Crippen LogP contribution in [0.3, 0.4) is 0 Å². The monoisotopic (exact) mass is 189 g/mol. The van der Waals surface area contributed by atoms with Crippen LogP contribution < -0.4 is 5.32 Å². The summed E-state index contributed by atoms with van der Waals surface area (Å²) in [5, 5.41) is 22.2. The summed E-state index contributed by atoms with van der Waals surface area (Å²) in [5.74, 6) is 0.0942. The van der Waals surface area contributed by atoms with E-state index in [9.17, 15) is 10.2 Å². The van der Waals surface area contributed by atoms with Crippen molar-refractivity contribution in [2.45, 2.75) is 52.4 Å². The van der Waals surface area contributed by atoms with Crippen LogP contribution in [0.1, 0.15) is 34.6 Å². The minimum atomic E-state index is -0.681. The van der Waals surface area contributed by atoms with Crippen LogP contribution in [0.5, 0.6) is 0 Å². The number of aliphatic hydroxyl groups excluding tert-OH is 2. The lowest BCUT2D eigenvalue weighted by atomic mass is 10.0. The standard InChI is InChI=1S/C10H23NO2/c1-7(2)9(13)8(12)6-11-10(3,4)5/h7-9,11-13H,6H2,1-5H3. The molecule has 2 unspecified atom stereocenters. The fourth-order valence-electron chi connectivity index (χ4n) is 0.976. The average molecular weight is 189 g/mol. The molecular weight excluding hydrogens is 166 g/mol. The molecule has 0 spiro atoms. The van der Waals surface area contributed by atoms with E-state index in [1.807, 2.05) is 34.6 Å². The normalized spacial score (nSPS) is 17.5. The zero-order valence-corrected chi connectivity index (χ0v) is 9.33. The minimum Gasteiger partial charge on any atom is -0.390 e. The smallest absolute Gasteiger partial charge is 0.0925 e. The van der Waals surface area contributed by atoms with Gasteiger partial charge in [0.2, 0.25) is 0 Å². The SMILES string of the molecule is CC(C)C(O)C(O)CNC(C)(C)C. The second-order valence-corrected chi connectivity index (χ2v) is 4.93. The lowest BCUT2D eigenvalue weighted by molar-refractivity contribution is -0.00954. The summed E-state index contributed by atoms with van der Waals surface area (Å²) in [5.41, 5.74) is -0.0162. The van der Waals surface area contributed by atoms with Crippen LogP contribution in [0.15, 0.2) is 0 Å². The molecular formula is C10H23NO2. The molecule has 0 aliphatic heterocycles. The minimum absolute atomic E-state index is 0.0162. The van der Waals surface area contributed by atoms with Crippen LogP contribution in [0, 0.1) is 5.92 Å². The number of aliphatic hydroxyl groups is 2. The van der Waals surface area contributed by atoms with Gasteiger partial charge < -0.3 is 15.5 Å². The number of rotatable bonds is 4. The van der Waals surface area contributed by atoms with E-state index < -0.39 is 12.2 Å². The highest BCUT2D eigenvalue weighted by atomic mass is 16.3. The lowest BCUT2D eigenvalue weighted by Gasteiger charge is -2.26. The number of hydrogen-bond donors (Lipinski definition) is 3. The summed E-state index contributed by atoms with van der Waals surface area (Å²) in [4.78, 5) is 0. The van der Waals surface area contributed by atoms with Gasteiger partial charge in [-0.05, 0) is 26.7 Å². The van der Waals surface area contributed by atoms with Crippen molar-refractivity contribution in [3.8, 4) is 0 Å². The highest BCUT2D eigenvalue weighted by Crippen LogP contribution is 2.07. The van der Waals surface area contributed by atoms with Gasteiger partial charge in [0.05, 0.1) is 12.2 Å². The lowest BCUT2D eigenvalue weighted by Crippen LogP contribution is -2.45. The third-order valence-corrected chi connectivity index (χ3v) is 1.92. The highest BCUT2D eigenvalue weighted by molar-refractivity contribution is 4.77. The molecule has 3 nitrogen and oxygen atoms in total. The quantitative estimate of drug-likeness (QED) is 0.612. The average Bonchev–Trinajstić information content (AvgIpc) is 1.97. The second-order valence-electron chi connectivity index (χ2n) is 4.93. The van der Waals surface area contributed by atoms with E-state index in [4.69, 9.17) is 0 Å². The molecule has 0 rings (SSSR count). The van der Waals surface area contributed by atoms with Crippen molar-refractivity contribution in [1.29, 1.82) is 0 Å². The van der Waals surface area contributed by atoms with Crippen LogP contribution in [0.2, 0.25) is 0 Å². The Hall–Kier alpha value is -0.120. The van der Waals surface area contributed by atoms with E-state index in [0.29, 0.717) is 6.54 Å². The van der Waals surface area contributed by atoms with Gasteiger partial charge in [0.1, 0.15) is 0 Å². The zero-order valence-electron chi connectivity index (χ0n) is 9.33. The fraction of sp³-hybridized carbons (Fsp3) is 1.00. The first kappa shape index (κ1) is 12.9. The summed E-state index contributed by atoms with van der Waals surface area (Å²) in [7, 11) is 0. The molecule has 80 valence electrons. The molecule has 0 bridgehead atoms. The van der Waals surface area contributed by atoms with E-state index in [0.717, 1.165) is 0 Å². The number of nitrogens with one attached hydrogen (secondary N) is 1. The van der Waals surface area contributed by atoms with Crippen LogP contribution in [-0.2, 0) is 0 Å². The molecule has 0 amide bonds. The Labute approximate surface area is 81.2 Å². The van der Waals surface area contributed by atoms with E-state index in [2.05, 4.69) is 5.32 Å². The molecule has 0 aromatic rings. The number of β-amino-alcohol motifs (C(OH)–C–C–N with tert-alkyl or cyclic N) is 1. The maximum atomic E-state index is 9.54. The molecule has 2 atom stereocenters. The fourth-order valence-corrected chi connectivity index (χ4v) is 0.976. The third kappa shape index (κ3) is 6.02. The maximum absolute atomic E-state index is 9.54. The molecule has 0 aliphatic carbocycles. The van der Waals surface area contributed by atoms with Gasteiger partial charge in [0.25, 0.3) is 0 Å². The Morgan fingerprint density at radius 2 is 1.62 bits per heavy atom. The Morgan fingerprint density at radius 3 is 1.92 bits per heavy atom. The van der Waals surface area contributed by atoms with Crippen molar-refractivity contribution < 1.29 is 10.2 Å². The van der Waals surface area contributed by atoms with Gasteiger partial charge in [-0.15, -0.1) is 0 Å². The topological polar surface area (TPSA) is 52.5 Å². The largest absolute Gasteiger partial charge is 0.390 e. The van der Waals surface area contributed by atoms with Crippen molar-refractivity contribution in [2.75, 3.05) is 6.54 Å². The Balaban J connectivity index is 3.81. The van der Waals surface area contributed by atoms with Crippen LogP contribution in [0.25, 0.3) is 0 Å². The Kier molecular flexibility index (Phi) is 4.89. The molecule has 0 aromatic carbocycles. The second kappa shape index (κ2) is 4.94. The van der Waals surface area contributed by atoms with Crippen molar-refractivity contribution in [2.24, 2.45) is 5.92 Å². The van der Waals surface area contributed by atoms with E-state index in [-0.39, 0.29) is 11.5 Å². The van der Waals surface area contributed by atoms with Crippen molar-refractivity contribution in [1.82, 2.24) is 5.32 Å². The highest BCUT2D eigenvalue weighted by Gasteiger charge is 2.21. The first-order valence-corrected chi connectivity index (χ1v) is 4.85. The van der Waals surface area contributed by atoms with E-state index in [1.54, 1.807) is 0 Å². The molecule has 3 N–H and O–H groups in total. The summed E-state index contributed by atoms with van der Waals surface area (Å²) >= 11 is 0. The molecule has 0 aliphatic rings. The van der Waals surface area contributed by atoms with Crippen molar-refractivity contribution in [3.63, 3.8) is 0 Å². The van der Waals surface area contributed by atoms with Crippen LogP contribution >= 0.6 is 0 Å². The van der Waals surface area contributed by atoms with Crippen LogP contribution in [-0.4, -0.2) is 34.5 Å². The summed E-state index contributed by atoms with van der Waals surface area (Å²) in [6.07, 6.45) is -1.32. The summed E-state index contributed by atoms with van der Waals surface area (Å²) < 4.78 is 0. The van der Waals surface area contributed by atoms with Gasteiger partial charge in [-0.25, -0.2) is 0 Å². The Bertz CT molecular complexity index is 140. The molecule has 3 heteroatoms. The van der Waals surface area contributed by atoms with E-state index in [1.165, 1.54) is 0 Å². The van der Waals surface area contributed by atoms with Gasteiger partial charge >= 0.3 is 0 Å². The van der Waals surface area contributed by atoms with E-state index >= 15 is 0 Å². The summed E-state index contributed by atoms with van der Waals surface area (Å²) in [6, 6.07) is 0.